The largest absolute Gasteiger partial charge is 0.354 e. The van der Waals surface area contributed by atoms with Crippen LogP contribution in [0.25, 0.3) is 0 Å². The maximum Gasteiger partial charge on any atom is 0.224 e. The molecule has 2 aromatic rings. The second-order valence-electron chi connectivity index (χ2n) is 7.04. The van der Waals surface area contributed by atoms with E-state index < -0.39 is 0 Å². The highest BCUT2D eigenvalue weighted by Gasteiger charge is 2.23. The Morgan fingerprint density at radius 1 is 1.04 bits per heavy atom. The highest BCUT2D eigenvalue weighted by molar-refractivity contribution is 5.79. The van der Waals surface area contributed by atoms with Crippen LogP contribution in [0, 0.1) is 5.92 Å². The van der Waals surface area contributed by atoms with Crippen LogP contribution >= 0.6 is 0 Å². The van der Waals surface area contributed by atoms with E-state index in [1.165, 1.54) is 11.1 Å². The van der Waals surface area contributed by atoms with E-state index in [4.69, 9.17) is 5.73 Å². The summed E-state index contributed by atoms with van der Waals surface area (Å²) in [6, 6.07) is 18.2. The van der Waals surface area contributed by atoms with Crippen molar-refractivity contribution >= 4 is 5.91 Å². The Labute approximate surface area is 157 Å². The summed E-state index contributed by atoms with van der Waals surface area (Å²) in [6.07, 6.45) is 1.03. The molecule has 3 atom stereocenters. The van der Waals surface area contributed by atoms with Crippen molar-refractivity contribution in [1.29, 1.82) is 0 Å². The topological polar surface area (TPSA) is 58.4 Å². The third kappa shape index (κ3) is 5.16. The molecule has 140 valence electrons. The minimum absolute atomic E-state index is 0.0154. The Hall–Kier alpha value is -2.17. The smallest absolute Gasteiger partial charge is 0.224 e. The maximum absolute atomic E-state index is 12.6. The van der Waals surface area contributed by atoms with Crippen LogP contribution in [-0.2, 0) is 11.2 Å². The van der Waals surface area contributed by atoms with Gasteiger partial charge in [0.1, 0.15) is 0 Å². The third-order valence-corrected chi connectivity index (χ3v) is 5.00. The second-order valence-corrected chi connectivity index (χ2v) is 7.04. The molecule has 3 N–H and O–H groups in total. The highest BCUT2D eigenvalue weighted by atomic mass is 16.1. The zero-order valence-corrected chi connectivity index (χ0v) is 16.3. The van der Waals surface area contributed by atoms with E-state index in [1.54, 1.807) is 0 Å². The van der Waals surface area contributed by atoms with Crippen molar-refractivity contribution in [2.45, 2.75) is 32.4 Å². The molecular formula is C22H31N3O. The van der Waals surface area contributed by atoms with Gasteiger partial charge in [-0.1, -0.05) is 68.4 Å². The van der Waals surface area contributed by atoms with Gasteiger partial charge in [0.25, 0.3) is 0 Å². The van der Waals surface area contributed by atoms with Crippen molar-refractivity contribution < 1.29 is 4.79 Å². The Kier molecular flexibility index (Phi) is 7.37. The van der Waals surface area contributed by atoms with Crippen LogP contribution in [0.1, 0.15) is 42.6 Å². The molecule has 2 rings (SSSR count). The van der Waals surface area contributed by atoms with Gasteiger partial charge in [0.05, 0.1) is 12.0 Å². The molecule has 0 fully saturated rings. The second kappa shape index (κ2) is 9.51. The summed E-state index contributed by atoms with van der Waals surface area (Å²) >= 11 is 0. The van der Waals surface area contributed by atoms with Crippen LogP contribution in [0.2, 0.25) is 0 Å². The summed E-state index contributed by atoms with van der Waals surface area (Å²) in [4.78, 5) is 14.7. The zero-order valence-electron chi connectivity index (χ0n) is 16.3. The lowest BCUT2D eigenvalue weighted by molar-refractivity contribution is -0.125. The Balaban J connectivity index is 2.00. The maximum atomic E-state index is 12.6. The summed E-state index contributed by atoms with van der Waals surface area (Å²) in [5, 5.41) is 3.08. The van der Waals surface area contributed by atoms with Crippen LogP contribution in [0.3, 0.4) is 0 Å². The number of benzene rings is 2. The predicted octanol–water partition coefficient (Wildman–Crippen LogP) is 3.30. The van der Waals surface area contributed by atoms with E-state index in [2.05, 4.69) is 41.4 Å². The minimum Gasteiger partial charge on any atom is -0.354 e. The molecule has 3 unspecified atom stereocenters. The van der Waals surface area contributed by atoms with Gasteiger partial charge in [0.15, 0.2) is 0 Å². The SMILES string of the molecule is CCc1ccc(C(CNC(=O)C(C)C(N)c2ccccc2)N(C)C)cc1. The number of carbonyl (C=O) groups excluding carboxylic acids is 1. The number of aryl methyl sites for hydroxylation is 1. The number of likely N-dealkylation sites (N-methyl/N-ethyl adjacent to an activating group) is 1. The molecule has 1 amide bonds. The lowest BCUT2D eigenvalue weighted by atomic mass is 9.94. The molecule has 4 heteroatoms. The van der Waals surface area contributed by atoms with Crippen LogP contribution < -0.4 is 11.1 Å². The van der Waals surface area contributed by atoms with Gasteiger partial charge < -0.3 is 16.0 Å². The van der Waals surface area contributed by atoms with Crippen molar-refractivity contribution in [3.8, 4) is 0 Å². The first-order valence-electron chi connectivity index (χ1n) is 9.27. The predicted molar refractivity (Wildman–Crippen MR) is 108 cm³/mol. The van der Waals surface area contributed by atoms with Crippen LogP contribution in [0.15, 0.2) is 54.6 Å². The summed E-state index contributed by atoms with van der Waals surface area (Å²) < 4.78 is 0. The van der Waals surface area contributed by atoms with E-state index in [9.17, 15) is 4.79 Å². The van der Waals surface area contributed by atoms with Gasteiger partial charge in [0, 0.05) is 12.6 Å². The van der Waals surface area contributed by atoms with Gasteiger partial charge in [-0.2, -0.15) is 0 Å². The number of amides is 1. The number of hydrogen-bond donors (Lipinski definition) is 2. The molecule has 0 aliphatic heterocycles. The van der Waals surface area contributed by atoms with E-state index in [-0.39, 0.29) is 23.9 Å². The molecule has 0 bridgehead atoms. The molecule has 4 nitrogen and oxygen atoms in total. The fraction of sp³-hybridized carbons (Fsp3) is 0.409. The average molecular weight is 354 g/mol. The van der Waals surface area contributed by atoms with Crippen molar-refractivity contribution in [2.24, 2.45) is 11.7 Å². The first-order valence-corrected chi connectivity index (χ1v) is 9.27. The average Bonchev–Trinajstić information content (AvgIpc) is 2.67. The summed E-state index contributed by atoms with van der Waals surface area (Å²) in [5.41, 5.74) is 9.78. The standard InChI is InChI=1S/C22H31N3O/c1-5-17-11-13-18(14-12-17)20(25(3)4)15-24-22(26)16(2)21(23)19-9-7-6-8-10-19/h6-14,16,20-21H,5,15,23H2,1-4H3,(H,24,26). The Morgan fingerprint density at radius 2 is 1.65 bits per heavy atom. The summed E-state index contributed by atoms with van der Waals surface area (Å²) in [7, 11) is 4.06. The quantitative estimate of drug-likeness (QED) is 0.765. The van der Waals surface area contributed by atoms with Crippen LogP contribution in [0.4, 0.5) is 0 Å². The first kappa shape index (κ1) is 20.1. The van der Waals surface area contributed by atoms with Gasteiger partial charge in [-0.25, -0.2) is 0 Å². The van der Waals surface area contributed by atoms with Gasteiger partial charge in [-0.05, 0) is 37.2 Å². The minimum atomic E-state index is -0.308. The Morgan fingerprint density at radius 3 is 2.19 bits per heavy atom. The number of nitrogens with zero attached hydrogens (tertiary/aromatic N) is 1. The fourth-order valence-corrected chi connectivity index (χ4v) is 3.06. The summed E-state index contributed by atoms with van der Waals surface area (Å²) in [5.74, 6) is -0.305. The molecule has 0 aliphatic rings. The van der Waals surface area contributed by atoms with Crippen molar-refractivity contribution in [3.63, 3.8) is 0 Å². The molecule has 0 saturated carbocycles. The third-order valence-electron chi connectivity index (χ3n) is 5.00. The van der Waals surface area contributed by atoms with E-state index >= 15 is 0 Å². The van der Waals surface area contributed by atoms with E-state index in [0.717, 1.165) is 12.0 Å². The molecule has 0 aromatic heterocycles. The van der Waals surface area contributed by atoms with Crippen molar-refractivity contribution in [3.05, 3.63) is 71.3 Å². The fourth-order valence-electron chi connectivity index (χ4n) is 3.06. The molecular weight excluding hydrogens is 322 g/mol. The van der Waals surface area contributed by atoms with E-state index in [1.807, 2.05) is 51.4 Å². The lowest BCUT2D eigenvalue weighted by Gasteiger charge is -2.27. The van der Waals surface area contributed by atoms with Crippen molar-refractivity contribution in [1.82, 2.24) is 10.2 Å². The zero-order chi connectivity index (χ0) is 19.1. The number of nitrogens with two attached hydrogens (primary N) is 1. The van der Waals surface area contributed by atoms with Gasteiger partial charge >= 0.3 is 0 Å². The highest BCUT2D eigenvalue weighted by Crippen LogP contribution is 2.21. The van der Waals surface area contributed by atoms with E-state index in [0.29, 0.717) is 6.54 Å². The van der Waals surface area contributed by atoms with Crippen molar-refractivity contribution in [2.75, 3.05) is 20.6 Å². The first-order chi connectivity index (χ1) is 12.4. The van der Waals surface area contributed by atoms with Crippen LogP contribution in [0.5, 0.6) is 0 Å². The lowest BCUT2D eigenvalue weighted by Crippen LogP contribution is -2.40. The van der Waals surface area contributed by atoms with Crippen LogP contribution in [-0.4, -0.2) is 31.4 Å². The molecule has 0 aliphatic carbocycles. The van der Waals surface area contributed by atoms with Gasteiger partial charge in [-0.15, -0.1) is 0 Å². The molecule has 0 radical (unpaired) electrons. The molecule has 2 aromatic carbocycles. The number of nitrogens with one attached hydrogen (secondary N) is 1. The molecule has 26 heavy (non-hydrogen) atoms. The molecule has 0 heterocycles. The number of hydrogen-bond acceptors (Lipinski definition) is 3. The monoisotopic (exact) mass is 353 g/mol. The molecule has 0 saturated heterocycles. The number of carbonyl (C=O) groups is 1. The normalized spacial score (nSPS) is 14.7. The number of rotatable bonds is 8. The Bertz CT molecular complexity index is 682. The van der Waals surface area contributed by atoms with Gasteiger partial charge in [-0.3, -0.25) is 4.79 Å². The summed E-state index contributed by atoms with van der Waals surface area (Å²) in [6.45, 7) is 4.59. The molecule has 0 spiro atoms. The van der Waals surface area contributed by atoms with Gasteiger partial charge in [0.2, 0.25) is 5.91 Å².